The molecule has 6 nitrogen and oxygen atoms in total. The molecule has 0 spiro atoms. The highest BCUT2D eigenvalue weighted by molar-refractivity contribution is 5.79. The van der Waals surface area contributed by atoms with E-state index in [4.69, 9.17) is 5.73 Å². The predicted molar refractivity (Wildman–Crippen MR) is 97.7 cm³/mol. The number of rotatable bonds is 7. The van der Waals surface area contributed by atoms with Crippen molar-refractivity contribution in [3.8, 4) is 0 Å². The first kappa shape index (κ1) is 18.9. The number of carbonyl (C=O) groups is 1. The molecule has 25 heavy (non-hydrogen) atoms. The van der Waals surface area contributed by atoms with Gasteiger partial charge in [0.05, 0.1) is 6.42 Å². The van der Waals surface area contributed by atoms with E-state index >= 15 is 0 Å². The zero-order chi connectivity index (χ0) is 18.4. The number of anilines is 1. The van der Waals surface area contributed by atoms with Crippen molar-refractivity contribution >= 4 is 11.9 Å². The number of carbonyl (C=O) groups excluding carboxylic acids is 1. The number of hydrogen-bond donors (Lipinski definition) is 2. The Labute approximate surface area is 148 Å². The third kappa shape index (κ3) is 5.26. The number of aryl methyl sites for hydroxylation is 2. The summed E-state index contributed by atoms with van der Waals surface area (Å²) in [6.45, 7) is 6.66. The maximum Gasteiger partial charge on any atom is 0.227 e. The van der Waals surface area contributed by atoms with Gasteiger partial charge in [-0.25, -0.2) is 9.97 Å². The molecule has 0 fully saturated rings. The van der Waals surface area contributed by atoms with Crippen LogP contribution >= 0.6 is 0 Å². The van der Waals surface area contributed by atoms with Gasteiger partial charge in [0.2, 0.25) is 11.9 Å². The summed E-state index contributed by atoms with van der Waals surface area (Å²) in [5.74, 6) is 0.225. The molecule has 2 aromatic rings. The molecular weight excluding hydrogens is 316 g/mol. The average molecular weight is 342 g/mol. The van der Waals surface area contributed by atoms with E-state index in [9.17, 15) is 9.90 Å². The van der Waals surface area contributed by atoms with Crippen molar-refractivity contribution in [1.29, 1.82) is 0 Å². The van der Waals surface area contributed by atoms with E-state index in [0.717, 1.165) is 22.5 Å². The second-order valence-corrected chi connectivity index (χ2v) is 6.46. The van der Waals surface area contributed by atoms with Crippen molar-refractivity contribution in [3.63, 3.8) is 0 Å². The van der Waals surface area contributed by atoms with Gasteiger partial charge in [-0.2, -0.15) is 0 Å². The monoisotopic (exact) mass is 342 g/mol. The Morgan fingerprint density at radius 2 is 1.80 bits per heavy atom. The number of nitrogens with zero attached hydrogens (tertiary/aromatic N) is 3. The number of aliphatic hydroxyl groups excluding tert-OH is 1. The Kier molecular flexibility index (Phi) is 6.47. The van der Waals surface area contributed by atoms with Gasteiger partial charge in [-0.05, 0) is 25.3 Å². The van der Waals surface area contributed by atoms with Gasteiger partial charge in [-0.3, -0.25) is 4.79 Å². The number of nitrogen functional groups attached to an aromatic ring is 1. The molecule has 0 saturated carbocycles. The first-order valence-corrected chi connectivity index (χ1v) is 8.42. The third-order valence-electron chi connectivity index (χ3n) is 4.18. The first-order chi connectivity index (χ1) is 11.9. The Morgan fingerprint density at radius 3 is 2.36 bits per heavy atom. The minimum absolute atomic E-state index is 0.0104. The maximum atomic E-state index is 12.9. The van der Waals surface area contributed by atoms with E-state index in [-0.39, 0.29) is 30.8 Å². The van der Waals surface area contributed by atoms with Gasteiger partial charge in [0, 0.05) is 36.6 Å². The van der Waals surface area contributed by atoms with Gasteiger partial charge in [-0.1, -0.05) is 37.3 Å². The van der Waals surface area contributed by atoms with Crippen molar-refractivity contribution in [3.05, 3.63) is 52.8 Å². The van der Waals surface area contributed by atoms with Gasteiger partial charge in [-0.15, -0.1) is 0 Å². The molecule has 134 valence electrons. The molecule has 1 atom stereocenters. The molecule has 0 aliphatic rings. The van der Waals surface area contributed by atoms with Crippen LogP contribution in [-0.2, 0) is 17.8 Å². The number of amides is 1. The first-order valence-electron chi connectivity index (χ1n) is 8.42. The normalized spacial score (nSPS) is 12.0. The third-order valence-corrected chi connectivity index (χ3v) is 4.18. The minimum atomic E-state index is -0.0104. The van der Waals surface area contributed by atoms with Crippen molar-refractivity contribution in [2.75, 3.05) is 18.9 Å². The molecule has 0 aliphatic heterocycles. The lowest BCUT2D eigenvalue weighted by atomic mass is 10.1. The van der Waals surface area contributed by atoms with Gasteiger partial charge < -0.3 is 15.7 Å². The molecule has 1 aromatic heterocycles. The Morgan fingerprint density at radius 1 is 1.20 bits per heavy atom. The molecule has 1 heterocycles. The largest absolute Gasteiger partial charge is 0.396 e. The SMILES string of the molecule is Cc1nc(N)nc(C)c1CC(=O)N(Cc1ccccc1)CC(C)CO. The summed E-state index contributed by atoms with van der Waals surface area (Å²) in [4.78, 5) is 23.0. The molecule has 1 amide bonds. The maximum absolute atomic E-state index is 12.9. The van der Waals surface area contributed by atoms with Crippen molar-refractivity contribution in [1.82, 2.24) is 14.9 Å². The summed E-state index contributed by atoms with van der Waals surface area (Å²) in [5.41, 5.74) is 8.99. The molecule has 2 rings (SSSR count). The van der Waals surface area contributed by atoms with Crippen molar-refractivity contribution in [2.24, 2.45) is 5.92 Å². The fourth-order valence-corrected chi connectivity index (χ4v) is 2.78. The van der Waals surface area contributed by atoms with Crippen LogP contribution in [-0.4, -0.2) is 39.0 Å². The van der Waals surface area contributed by atoms with Crippen LogP contribution in [0.15, 0.2) is 30.3 Å². The summed E-state index contributed by atoms with van der Waals surface area (Å²) in [5, 5.41) is 9.37. The molecule has 6 heteroatoms. The van der Waals surface area contributed by atoms with Gasteiger partial charge in [0.1, 0.15) is 0 Å². The lowest BCUT2D eigenvalue weighted by molar-refractivity contribution is -0.131. The number of nitrogens with two attached hydrogens (primary N) is 1. The number of aliphatic hydroxyl groups is 1. The Hall–Kier alpha value is -2.47. The molecule has 0 saturated heterocycles. The zero-order valence-corrected chi connectivity index (χ0v) is 15.1. The van der Waals surface area contributed by atoms with Crippen LogP contribution in [0.5, 0.6) is 0 Å². The van der Waals surface area contributed by atoms with Crippen LogP contribution in [0.25, 0.3) is 0 Å². The number of aromatic nitrogens is 2. The fraction of sp³-hybridized carbons (Fsp3) is 0.421. The second-order valence-electron chi connectivity index (χ2n) is 6.46. The smallest absolute Gasteiger partial charge is 0.227 e. The van der Waals surface area contributed by atoms with Gasteiger partial charge in [0.15, 0.2) is 0 Å². The Bertz CT molecular complexity index is 696. The standard InChI is InChI=1S/C19H26N4O2/c1-13(12-24)10-23(11-16-7-5-4-6-8-16)18(25)9-17-14(2)21-19(20)22-15(17)3/h4-8,13,24H,9-12H2,1-3H3,(H2,20,21,22). The highest BCUT2D eigenvalue weighted by atomic mass is 16.3. The minimum Gasteiger partial charge on any atom is -0.396 e. The van der Waals surface area contributed by atoms with Crippen LogP contribution < -0.4 is 5.73 Å². The van der Waals surface area contributed by atoms with Gasteiger partial charge in [0.25, 0.3) is 0 Å². The topological polar surface area (TPSA) is 92.3 Å². The van der Waals surface area contributed by atoms with Crippen LogP contribution in [0.1, 0.15) is 29.4 Å². The summed E-state index contributed by atoms with van der Waals surface area (Å²) in [6.07, 6.45) is 0.225. The Balaban J connectivity index is 2.20. The van der Waals surface area contributed by atoms with E-state index in [1.807, 2.05) is 51.1 Å². The van der Waals surface area contributed by atoms with Crippen molar-refractivity contribution < 1.29 is 9.90 Å². The molecule has 1 unspecified atom stereocenters. The molecular formula is C19H26N4O2. The van der Waals surface area contributed by atoms with Crippen LogP contribution in [0.4, 0.5) is 5.95 Å². The van der Waals surface area contributed by atoms with Crippen molar-refractivity contribution in [2.45, 2.75) is 33.7 Å². The van der Waals surface area contributed by atoms with Crippen LogP contribution in [0.3, 0.4) is 0 Å². The summed E-state index contributed by atoms with van der Waals surface area (Å²) in [7, 11) is 0. The van der Waals surface area contributed by atoms with E-state index in [2.05, 4.69) is 9.97 Å². The molecule has 0 bridgehead atoms. The average Bonchev–Trinajstić information content (AvgIpc) is 2.58. The lowest BCUT2D eigenvalue weighted by Crippen LogP contribution is -2.36. The molecule has 3 N–H and O–H groups in total. The highest BCUT2D eigenvalue weighted by Crippen LogP contribution is 2.15. The van der Waals surface area contributed by atoms with E-state index in [1.165, 1.54) is 0 Å². The zero-order valence-electron chi connectivity index (χ0n) is 15.1. The molecule has 1 aromatic carbocycles. The quantitative estimate of drug-likeness (QED) is 0.801. The highest BCUT2D eigenvalue weighted by Gasteiger charge is 2.20. The van der Waals surface area contributed by atoms with E-state index < -0.39 is 0 Å². The lowest BCUT2D eigenvalue weighted by Gasteiger charge is -2.26. The van der Waals surface area contributed by atoms with E-state index in [0.29, 0.717) is 13.1 Å². The summed E-state index contributed by atoms with van der Waals surface area (Å²) >= 11 is 0. The van der Waals surface area contributed by atoms with Gasteiger partial charge >= 0.3 is 0 Å². The van der Waals surface area contributed by atoms with Crippen LogP contribution in [0, 0.1) is 19.8 Å². The van der Waals surface area contributed by atoms with E-state index in [1.54, 1.807) is 4.90 Å². The summed E-state index contributed by atoms with van der Waals surface area (Å²) in [6, 6.07) is 9.84. The second kappa shape index (κ2) is 8.58. The summed E-state index contributed by atoms with van der Waals surface area (Å²) < 4.78 is 0. The number of benzene rings is 1. The number of hydrogen-bond acceptors (Lipinski definition) is 5. The molecule has 0 aliphatic carbocycles. The fourth-order valence-electron chi connectivity index (χ4n) is 2.78. The van der Waals surface area contributed by atoms with Crippen LogP contribution in [0.2, 0.25) is 0 Å². The molecule has 0 radical (unpaired) electrons. The predicted octanol–water partition coefficient (Wildman–Crippen LogP) is 1.88.